The van der Waals surface area contributed by atoms with Crippen molar-refractivity contribution in [2.45, 2.75) is 36.9 Å². The maximum atomic E-state index is 12.7. The Morgan fingerprint density at radius 2 is 1.96 bits per heavy atom. The Labute approximate surface area is 146 Å². The van der Waals surface area contributed by atoms with Crippen LogP contribution in [0.3, 0.4) is 0 Å². The second-order valence-corrected chi connectivity index (χ2v) is 9.17. The average molecular weight is 374 g/mol. The van der Waals surface area contributed by atoms with E-state index >= 15 is 0 Å². The minimum absolute atomic E-state index is 0.188. The predicted octanol–water partition coefficient (Wildman–Crippen LogP) is 0.775. The summed E-state index contributed by atoms with van der Waals surface area (Å²) in [5.41, 5.74) is 5.30. The lowest BCUT2D eigenvalue weighted by molar-refractivity contribution is -0.137. The lowest BCUT2D eigenvalue weighted by Crippen LogP contribution is -2.53. The van der Waals surface area contributed by atoms with Crippen molar-refractivity contribution < 1.29 is 18.0 Å². The van der Waals surface area contributed by atoms with Gasteiger partial charge in [-0.05, 0) is 30.2 Å². The van der Waals surface area contributed by atoms with Crippen LogP contribution >= 0.6 is 11.3 Å². The summed E-state index contributed by atoms with van der Waals surface area (Å²) in [7, 11) is -3.72. The summed E-state index contributed by atoms with van der Waals surface area (Å²) in [5.74, 6) is -1.01. The first kappa shape index (κ1) is 18.9. The number of carbonyl (C=O) groups excluding carboxylic acids is 2. The molecule has 2 amide bonds. The van der Waals surface area contributed by atoms with E-state index in [0.29, 0.717) is 25.9 Å². The van der Waals surface area contributed by atoms with E-state index in [0.717, 1.165) is 11.3 Å². The third kappa shape index (κ3) is 4.34. The monoisotopic (exact) mass is 373 g/mol. The molecule has 1 atom stereocenters. The van der Waals surface area contributed by atoms with Gasteiger partial charge in [-0.2, -0.15) is 4.72 Å². The molecule has 0 saturated carbocycles. The molecule has 0 spiro atoms. The first-order chi connectivity index (χ1) is 11.2. The molecule has 2 rings (SSSR count). The van der Waals surface area contributed by atoms with E-state index in [1.165, 1.54) is 6.07 Å². The van der Waals surface area contributed by atoms with Crippen molar-refractivity contribution in [3.05, 3.63) is 17.5 Å². The van der Waals surface area contributed by atoms with Crippen LogP contribution in [0.1, 0.15) is 26.7 Å². The fourth-order valence-corrected chi connectivity index (χ4v) is 5.04. The fourth-order valence-electron chi connectivity index (χ4n) is 2.69. The number of amides is 2. The molecule has 2 heterocycles. The van der Waals surface area contributed by atoms with Crippen molar-refractivity contribution in [3.8, 4) is 0 Å². The van der Waals surface area contributed by atoms with Gasteiger partial charge >= 0.3 is 0 Å². The van der Waals surface area contributed by atoms with Gasteiger partial charge in [0.25, 0.3) is 10.0 Å². The standard InChI is InChI=1S/C15H23N3O4S2/c1-10(2)13(17-24(21,22)12-4-3-9-23-12)15(20)18-7-5-11(6-8-18)14(16)19/h3-4,9-11,13,17H,5-8H2,1-2H3,(H2,16,19)/t13-/m0/s1. The maximum absolute atomic E-state index is 12.7. The molecule has 3 N–H and O–H groups in total. The quantitative estimate of drug-likeness (QED) is 0.767. The van der Waals surface area contributed by atoms with Gasteiger partial charge in [-0.1, -0.05) is 19.9 Å². The molecule has 1 saturated heterocycles. The average Bonchev–Trinajstić information content (AvgIpc) is 3.07. The van der Waals surface area contributed by atoms with Crippen LogP contribution in [-0.4, -0.2) is 44.3 Å². The molecular weight excluding hydrogens is 350 g/mol. The van der Waals surface area contributed by atoms with Crippen LogP contribution in [0.25, 0.3) is 0 Å². The molecule has 0 aliphatic carbocycles. The van der Waals surface area contributed by atoms with Gasteiger partial charge in [0.05, 0.1) is 0 Å². The van der Waals surface area contributed by atoms with Crippen molar-refractivity contribution in [1.29, 1.82) is 0 Å². The van der Waals surface area contributed by atoms with E-state index in [1.54, 1.807) is 30.2 Å². The van der Waals surface area contributed by atoms with Gasteiger partial charge < -0.3 is 10.6 Å². The molecule has 1 fully saturated rings. The Bertz CT molecular complexity index is 678. The van der Waals surface area contributed by atoms with E-state index in [-0.39, 0.29) is 27.9 Å². The molecule has 24 heavy (non-hydrogen) atoms. The highest BCUT2D eigenvalue weighted by atomic mass is 32.2. The molecule has 1 aliphatic heterocycles. The number of nitrogens with one attached hydrogen (secondary N) is 1. The van der Waals surface area contributed by atoms with Crippen LogP contribution in [0.15, 0.2) is 21.7 Å². The molecule has 9 heteroatoms. The van der Waals surface area contributed by atoms with E-state index in [2.05, 4.69) is 4.72 Å². The van der Waals surface area contributed by atoms with E-state index in [1.807, 2.05) is 0 Å². The van der Waals surface area contributed by atoms with Gasteiger partial charge in [-0.15, -0.1) is 11.3 Å². The number of likely N-dealkylation sites (tertiary alicyclic amines) is 1. The van der Waals surface area contributed by atoms with Crippen molar-refractivity contribution in [2.75, 3.05) is 13.1 Å². The minimum atomic E-state index is -3.72. The Hall–Kier alpha value is -1.45. The van der Waals surface area contributed by atoms with Crippen LogP contribution in [0, 0.1) is 11.8 Å². The molecule has 0 radical (unpaired) electrons. The zero-order valence-corrected chi connectivity index (χ0v) is 15.4. The molecular formula is C15H23N3O4S2. The Balaban J connectivity index is 2.08. The molecule has 0 bridgehead atoms. The second kappa shape index (κ2) is 7.62. The van der Waals surface area contributed by atoms with Crippen LogP contribution in [0.2, 0.25) is 0 Å². The zero-order valence-electron chi connectivity index (χ0n) is 13.8. The second-order valence-electron chi connectivity index (χ2n) is 6.28. The first-order valence-electron chi connectivity index (χ1n) is 7.86. The summed E-state index contributed by atoms with van der Waals surface area (Å²) >= 11 is 1.11. The molecule has 0 aromatic carbocycles. The first-order valence-corrected chi connectivity index (χ1v) is 10.2. The summed E-state index contributed by atoms with van der Waals surface area (Å²) in [4.78, 5) is 25.6. The van der Waals surface area contributed by atoms with Crippen LogP contribution < -0.4 is 10.5 Å². The molecule has 0 unspecified atom stereocenters. The van der Waals surface area contributed by atoms with Gasteiger partial charge in [-0.3, -0.25) is 9.59 Å². The number of nitrogens with two attached hydrogens (primary N) is 1. The molecule has 7 nitrogen and oxygen atoms in total. The predicted molar refractivity (Wildman–Crippen MR) is 91.8 cm³/mol. The Kier molecular flexibility index (Phi) is 6.00. The zero-order chi connectivity index (χ0) is 17.9. The summed E-state index contributed by atoms with van der Waals surface area (Å²) in [6.45, 7) is 4.43. The van der Waals surface area contributed by atoms with Gasteiger partial charge in [0, 0.05) is 19.0 Å². The number of primary amides is 1. The van der Waals surface area contributed by atoms with Crippen molar-refractivity contribution in [3.63, 3.8) is 0 Å². The molecule has 1 aliphatic rings. The van der Waals surface area contributed by atoms with Gasteiger partial charge in [0.2, 0.25) is 11.8 Å². The van der Waals surface area contributed by atoms with Crippen LogP contribution in [0.5, 0.6) is 0 Å². The number of rotatable bonds is 6. The Morgan fingerprint density at radius 3 is 2.42 bits per heavy atom. The number of carbonyl (C=O) groups is 2. The summed E-state index contributed by atoms with van der Waals surface area (Å²) in [6.07, 6.45) is 1.03. The molecule has 134 valence electrons. The van der Waals surface area contributed by atoms with Gasteiger partial charge in [-0.25, -0.2) is 8.42 Å². The normalized spacial score (nSPS) is 17.9. The summed E-state index contributed by atoms with van der Waals surface area (Å²) in [6, 6.07) is 2.33. The van der Waals surface area contributed by atoms with Crippen molar-refractivity contribution in [2.24, 2.45) is 17.6 Å². The van der Waals surface area contributed by atoms with Crippen molar-refractivity contribution in [1.82, 2.24) is 9.62 Å². The number of sulfonamides is 1. The SMILES string of the molecule is CC(C)[C@H](NS(=O)(=O)c1cccs1)C(=O)N1CCC(C(N)=O)CC1. The highest BCUT2D eigenvalue weighted by Crippen LogP contribution is 2.21. The highest BCUT2D eigenvalue weighted by molar-refractivity contribution is 7.91. The summed E-state index contributed by atoms with van der Waals surface area (Å²) < 4.78 is 27.5. The number of piperidine rings is 1. The van der Waals surface area contributed by atoms with Gasteiger partial charge in [0.15, 0.2) is 0 Å². The number of hydrogen-bond acceptors (Lipinski definition) is 5. The lowest BCUT2D eigenvalue weighted by Gasteiger charge is -2.34. The maximum Gasteiger partial charge on any atom is 0.250 e. The summed E-state index contributed by atoms with van der Waals surface area (Å²) in [5, 5.41) is 1.68. The van der Waals surface area contributed by atoms with E-state index in [9.17, 15) is 18.0 Å². The third-order valence-electron chi connectivity index (χ3n) is 4.18. The lowest BCUT2D eigenvalue weighted by atomic mass is 9.95. The topological polar surface area (TPSA) is 110 Å². The minimum Gasteiger partial charge on any atom is -0.369 e. The van der Waals surface area contributed by atoms with E-state index in [4.69, 9.17) is 5.73 Å². The van der Waals surface area contributed by atoms with Crippen molar-refractivity contribution >= 4 is 33.2 Å². The van der Waals surface area contributed by atoms with Gasteiger partial charge in [0.1, 0.15) is 10.3 Å². The Morgan fingerprint density at radius 1 is 1.33 bits per heavy atom. The van der Waals surface area contributed by atoms with Crippen LogP contribution in [0.4, 0.5) is 0 Å². The molecule has 1 aromatic rings. The van der Waals surface area contributed by atoms with Crippen LogP contribution in [-0.2, 0) is 19.6 Å². The largest absolute Gasteiger partial charge is 0.369 e. The molecule has 1 aromatic heterocycles. The fraction of sp³-hybridized carbons (Fsp3) is 0.600. The number of thiophene rings is 1. The van der Waals surface area contributed by atoms with E-state index < -0.39 is 16.1 Å². The third-order valence-corrected chi connectivity index (χ3v) is 7.02. The smallest absolute Gasteiger partial charge is 0.250 e. The number of hydrogen-bond donors (Lipinski definition) is 2. The number of nitrogens with zero attached hydrogens (tertiary/aromatic N) is 1. The highest BCUT2D eigenvalue weighted by Gasteiger charge is 2.34.